The summed E-state index contributed by atoms with van der Waals surface area (Å²) < 4.78 is 7.10. The van der Waals surface area contributed by atoms with Gasteiger partial charge in [0, 0.05) is 52.7 Å². The minimum absolute atomic E-state index is 0. The van der Waals surface area contributed by atoms with Gasteiger partial charge in [0.2, 0.25) is 0 Å². The Morgan fingerprint density at radius 1 is 1.39 bits per heavy atom. The molecule has 1 aromatic rings. The Hall–Kier alpha value is -0.830. The summed E-state index contributed by atoms with van der Waals surface area (Å²) in [5.41, 5.74) is 1.52. The quantitative estimate of drug-likeness (QED) is 0.392. The normalized spacial score (nSPS) is 16.9. The van der Waals surface area contributed by atoms with Crippen LogP contribution in [-0.2, 0) is 18.3 Å². The van der Waals surface area contributed by atoms with Crippen LogP contribution in [0.15, 0.2) is 17.4 Å². The summed E-state index contributed by atoms with van der Waals surface area (Å²) >= 11 is 0. The molecule has 1 aliphatic carbocycles. The summed E-state index contributed by atoms with van der Waals surface area (Å²) in [6.45, 7) is 2.53. The number of nitrogens with one attached hydrogen (secondary N) is 2. The van der Waals surface area contributed by atoms with Crippen LogP contribution >= 0.6 is 24.0 Å². The lowest BCUT2D eigenvalue weighted by Gasteiger charge is -2.29. The number of ether oxygens (including phenoxy) is 1. The molecule has 1 heterocycles. The lowest BCUT2D eigenvalue weighted by molar-refractivity contribution is 0.138. The van der Waals surface area contributed by atoms with Crippen molar-refractivity contribution in [2.75, 3.05) is 27.3 Å². The molecule has 0 radical (unpaired) electrons. The SMILES string of the molecule is CN=C(NCc1cnn(C)c1)NCC1(CCOC)CCCC1.I. The van der Waals surface area contributed by atoms with Crippen molar-refractivity contribution >= 4 is 29.9 Å². The van der Waals surface area contributed by atoms with Gasteiger partial charge in [-0.3, -0.25) is 9.67 Å². The third-order valence-electron chi connectivity index (χ3n) is 4.57. The largest absolute Gasteiger partial charge is 0.385 e. The van der Waals surface area contributed by atoms with Gasteiger partial charge in [-0.25, -0.2) is 0 Å². The van der Waals surface area contributed by atoms with Gasteiger partial charge in [-0.2, -0.15) is 5.10 Å². The number of methoxy groups -OCH3 is 1. The van der Waals surface area contributed by atoms with Crippen LogP contribution in [0.3, 0.4) is 0 Å². The molecule has 23 heavy (non-hydrogen) atoms. The van der Waals surface area contributed by atoms with Gasteiger partial charge in [0.15, 0.2) is 5.96 Å². The van der Waals surface area contributed by atoms with E-state index in [0.29, 0.717) is 5.41 Å². The molecule has 132 valence electrons. The minimum Gasteiger partial charge on any atom is -0.385 e. The first-order valence-corrected chi connectivity index (χ1v) is 8.08. The van der Waals surface area contributed by atoms with Gasteiger partial charge in [0.05, 0.1) is 6.20 Å². The van der Waals surface area contributed by atoms with Crippen LogP contribution in [-0.4, -0.2) is 43.0 Å². The van der Waals surface area contributed by atoms with Crippen molar-refractivity contribution in [3.8, 4) is 0 Å². The molecule has 0 atom stereocenters. The summed E-state index contributed by atoms with van der Waals surface area (Å²) in [4.78, 5) is 4.32. The Labute approximate surface area is 156 Å². The number of halogens is 1. The molecule has 0 aliphatic heterocycles. The van der Waals surface area contributed by atoms with E-state index in [9.17, 15) is 0 Å². The maximum Gasteiger partial charge on any atom is 0.191 e. The van der Waals surface area contributed by atoms with E-state index >= 15 is 0 Å². The van der Waals surface area contributed by atoms with Crippen LogP contribution in [0.25, 0.3) is 0 Å². The summed E-state index contributed by atoms with van der Waals surface area (Å²) in [5.74, 6) is 0.854. The molecule has 0 saturated heterocycles. The van der Waals surface area contributed by atoms with Crippen LogP contribution in [0.2, 0.25) is 0 Å². The van der Waals surface area contributed by atoms with E-state index in [2.05, 4.69) is 20.7 Å². The number of aromatic nitrogens is 2. The molecule has 0 unspecified atom stereocenters. The molecule has 1 fully saturated rings. The number of hydrogen-bond donors (Lipinski definition) is 2. The van der Waals surface area contributed by atoms with Crippen LogP contribution < -0.4 is 10.6 Å². The molecule has 2 N–H and O–H groups in total. The number of rotatable bonds is 7. The standard InChI is InChI=1S/C16H29N5O.HI/c1-17-15(18-10-14-11-20-21(2)12-14)19-13-16(8-9-22-3)6-4-5-7-16;/h11-12H,4-10,13H2,1-3H3,(H2,17,18,19);1H. The van der Waals surface area contributed by atoms with E-state index in [0.717, 1.165) is 37.6 Å². The lowest BCUT2D eigenvalue weighted by Crippen LogP contribution is -2.43. The van der Waals surface area contributed by atoms with Crippen LogP contribution in [0, 0.1) is 5.41 Å². The lowest BCUT2D eigenvalue weighted by atomic mass is 9.83. The second-order valence-corrected chi connectivity index (χ2v) is 6.25. The zero-order chi connectivity index (χ0) is 15.8. The minimum atomic E-state index is 0. The van der Waals surface area contributed by atoms with E-state index in [-0.39, 0.29) is 24.0 Å². The zero-order valence-corrected chi connectivity index (χ0v) is 16.8. The Kier molecular flexibility index (Phi) is 8.90. The molecule has 0 bridgehead atoms. The van der Waals surface area contributed by atoms with E-state index in [1.165, 1.54) is 25.7 Å². The molecule has 0 amide bonds. The maximum atomic E-state index is 5.29. The first-order valence-electron chi connectivity index (χ1n) is 8.08. The second-order valence-electron chi connectivity index (χ2n) is 6.25. The van der Waals surface area contributed by atoms with Crippen molar-refractivity contribution in [1.82, 2.24) is 20.4 Å². The molecule has 7 heteroatoms. The fourth-order valence-corrected chi connectivity index (χ4v) is 3.20. The summed E-state index contributed by atoms with van der Waals surface area (Å²) in [5, 5.41) is 11.0. The molecule has 1 aromatic heterocycles. The maximum absolute atomic E-state index is 5.29. The molecule has 1 saturated carbocycles. The van der Waals surface area contributed by atoms with E-state index < -0.39 is 0 Å². The predicted octanol–water partition coefficient (Wildman–Crippen LogP) is 2.30. The number of nitrogens with zero attached hydrogens (tertiary/aromatic N) is 3. The van der Waals surface area contributed by atoms with Crippen molar-refractivity contribution < 1.29 is 4.74 Å². The van der Waals surface area contributed by atoms with Gasteiger partial charge >= 0.3 is 0 Å². The van der Waals surface area contributed by atoms with Crippen LogP contribution in [0.1, 0.15) is 37.7 Å². The first kappa shape index (κ1) is 20.2. The third-order valence-corrected chi connectivity index (χ3v) is 4.57. The van der Waals surface area contributed by atoms with Crippen LogP contribution in [0.5, 0.6) is 0 Å². The van der Waals surface area contributed by atoms with Gasteiger partial charge < -0.3 is 15.4 Å². The highest BCUT2D eigenvalue weighted by Gasteiger charge is 2.33. The summed E-state index contributed by atoms with van der Waals surface area (Å²) in [7, 11) is 5.52. The third kappa shape index (κ3) is 6.29. The van der Waals surface area contributed by atoms with Crippen LogP contribution in [0.4, 0.5) is 0 Å². The van der Waals surface area contributed by atoms with Crippen molar-refractivity contribution in [2.24, 2.45) is 17.5 Å². The first-order chi connectivity index (χ1) is 10.7. The number of aliphatic imine (C=N–C) groups is 1. The molecule has 1 aliphatic rings. The van der Waals surface area contributed by atoms with Crippen molar-refractivity contribution in [3.63, 3.8) is 0 Å². The number of hydrogen-bond acceptors (Lipinski definition) is 3. The van der Waals surface area contributed by atoms with Crippen molar-refractivity contribution in [3.05, 3.63) is 18.0 Å². The molecular formula is C16H30IN5O. The van der Waals surface area contributed by atoms with Gasteiger partial charge in [-0.1, -0.05) is 12.8 Å². The molecule has 0 spiro atoms. The predicted molar refractivity (Wildman–Crippen MR) is 104 cm³/mol. The van der Waals surface area contributed by atoms with Gasteiger partial charge in [-0.15, -0.1) is 24.0 Å². The van der Waals surface area contributed by atoms with Crippen molar-refractivity contribution in [1.29, 1.82) is 0 Å². The number of guanidine groups is 1. The van der Waals surface area contributed by atoms with Gasteiger partial charge in [-0.05, 0) is 24.7 Å². The Bertz CT molecular complexity index is 483. The highest BCUT2D eigenvalue weighted by molar-refractivity contribution is 14.0. The van der Waals surface area contributed by atoms with E-state index in [1.54, 1.807) is 7.11 Å². The topological polar surface area (TPSA) is 63.5 Å². The van der Waals surface area contributed by atoms with E-state index in [4.69, 9.17) is 4.74 Å². The zero-order valence-electron chi connectivity index (χ0n) is 14.5. The highest BCUT2D eigenvalue weighted by atomic mass is 127. The summed E-state index contributed by atoms with van der Waals surface area (Å²) in [6, 6.07) is 0. The average Bonchev–Trinajstić information content (AvgIpc) is 3.15. The Balaban J connectivity index is 0.00000264. The van der Waals surface area contributed by atoms with Gasteiger partial charge in [0.1, 0.15) is 0 Å². The summed E-state index contributed by atoms with van der Waals surface area (Å²) in [6.07, 6.45) is 10.2. The highest BCUT2D eigenvalue weighted by Crippen LogP contribution is 2.40. The fraction of sp³-hybridized carbons (Fsp3) is 0.750. The smallest absolute Gasteiger partial charge is 0.191 e. The molecule has 2 rings (SSSR count). The average molecular weight is 435 g/mol. The van der Waals surface area contributed by atoms with E-state index in [1.807, 2.05) is 31.2 Å². The number of aryl methyl sites for hydroxylation is 1. The van der Waals surface area contributed by atoms with Gasteiger partial charge in [0.25, 0.3) is 0 Å². The molecule has 6 nitrogen and oxygen atoms in total. The molecular weight excluding hydrogens is 405 g/mol. The Morgan fingerprint density at radius 2 is 2.13 bits per heavy atom. The Morgan fingerprint density at radius 3 is 2.70 bits per heavy atom. The van der Waals surface area contributed by atoms with Crippen molar-refractivity contribution in [2.45, 2.75) is 38.6 Å². The molecule has 0 aromatic carbocycles. The second kappa shape index (κ2) is 10.1. The monoisotopic (exact) mass is 435 g/mol. The fourth-order valence-electron chi connectivity index (χ4n) is 3.20.